The van der Waals surface area contributed by atoms with Crippen LogP contribution in [0, 0.1) is 76.2 Å². The molecule has 0 N–H and O–H groups in total. The van der Waals surface area contributed by atoms with E-state index in [1.165, 1.54) is 178 Å². The Morgan fingerprint density at radius 1 is 0.271 bits per heavy atom. The number of fused-ring (bicyclic) bond motifs is 15. The zero-order valence-corrected chi connectivity index (χ0v) is 70.9. The van der Waals surface area contributed by atoms with E-state index in [2.05, 4.69) is 298 Å². The summed E-state index contributed by atoms with van der Waals surface area (Å²) in [5.41, 5.74) is 43.5. The van der Waals surface area contributed by atoms with E-state index in [0.717, 1.165) is 31.2 Å². The number of aryl methyl sites for hydroxylation is 12. The molecular formula is C102H129N5. The third kappa shape index (κ3) is 21.0. The first-order chi connectivity index (χ1) is 51.9. The van der Waals surface area contributed by atoms with Gasteiger partial charge in [-0.2, -0.15) is 5.10 Å². The molecule has 0 radical (unpaired) electrons. The minimum Gasteiger partial charge on any atom is -0.350 e. The maximum absolute atomic E-state index is 4.24. The molecule has 4 aliphatic rings. The van der Waals surface area contributed by atoms with Crippen molar-refractivity contribution in [2.75, 3.05) is 0 Å². The predicted molar refractivity (Wildman–Crippen MR) is 475 cm³/mol. The van der Waals surface area contributed by atoms with Crippen LogP contribution in [-0.4, -0.2) is 23.9 Å². The molecule has 4 aliphatic carbocycles. The van der Waals surface area contributed by atoms with Crippen molar-refractivity contribution in [2.24, 2.45) is 21.1 Å². The highest BCUT2D eigenvalue weighted by Gasteiger charge is 2.23. The van der Waals surface area contributed by atoms with Gasteiger partial charge in [-0.25, -0.2) is 4.98 Å². The molecule has 11 aromatic carbocycles. The number of hydrogen-bond donors (Lipinski definition) is 0. The van der Waals surface area contributed by atoms with Gasteiger partial charge in [0.2, 0.25) is 0 Å². The highest BCUT2D eigenvalue weighted by atomic mass is 15.2. The Balaban J connectivity index is 0.000000218. The van der Waals surface area contributed by atoms with E-state index in [1.807, 2.05) is 145 Å². The molecule has 5 heteroatoms. The summed E-state index contributed by atoms with van der Waals surface area (Å²) < 4.78 is 6.11. The van der Waals surface area contributed by atoms with Gasteiger partial charge in [0.1, 0.15) is 0 Å². The van der Waals surface area contributed by atoms with E-state index in [1.54, 1.807) is 0 Å². The van der Waals surface area contributed by atoms with Gasteiger partial charge in [-0.05, 0) is 270 Å². The van der Waals surface area contributed by atoms with Crippen molar-refractivity contribution in [1.29, 1.82) is 0 Å². The Kier molecular flexibility index (Phi) is 35.6. The highest BCUT2D eigenvalue weighted by molar-refractivity contribution is 5.85. The predicted octanol–water partition coefficient (Wildman–Crippen LogP) is 28.9. The number of nitrogens with zero attached hydrogens (tertiary/aromatic N) is 5. The molecule has 14 aromatic rings. The fourth-order valence-electron chi connectivity index (χ4n) is 14.2. The van der Waals surface area contributed by atoms with E-state index in [0.29, 0.717) is 0 Å². The Labute approximate surface area is 647 Å². The van der Waals surface area contributed by atoms with Crippen LogP contribution >= 0.6 is 0 Å². The van der Waals surface area contributed by atoms with Crippen LogP contribution in [-0.2, 0) is 46.8 Å². The molecule has 0 amide bonds. The Morgan fingerprint density at radius 2 is 0.673 bits per heavy atom. The van der Waals surface area contributed by atoms with E-state index >= 15 is 0 Å². The molecule has 0 unspecified atom stereocenters. The standard InChI is InChI=1S/4C15H14.C10H11N.2C9H10N2.7C2H6/c2*1-10-7-13-9-12-5-3-4-6-14(12)15(13)8-11(10)2;1-10-7-8-13-9-12-5-3-4-6-14(12)15(13)11(10)2;1-10-7-8-14-13-6-4-3-5-12(13)9-15(14)11(10)2;1-8-4-3-5-9-6-7-11(2)10(8)9;1-7-4-3-5-8-9(7)11(2)6-10-8;1-7-4-3-5-8-6-10-11(2)9(7)8;7*1-2/h4*3-8H,9H2,1-2H3;3-7H,1-2H3;2*3-6H,1-2H3;7*1-2H3. The lowest BCUT2D eigenvalue weighted by atomic mass is 9.97. The second-order valence-electron chi connectivity index (χ2n) is 26.1. The first kappa shape index (κ1) is 87.5. The van der Waals surface area contributed by atoms with Crippen LogP contribution in [0.5, 0.6) is 0 Å². The van der Waals surface area contributed by atoms with Crippen LogP contribution in [0.2, 0.25) is 0 Å². The van der Waals surface area contributed by atoms with Crippen LogP contribution in [0.1, 0.15) is 203 Å². The molecule has 18 rings (SSSR count). The van der Waals surface area contributed by atoms with Crippen molar-refractivity contribution in [3.05, 3.63) is 331 Å². The number of imidazole rings is 1. The van der Waals surface area contributed by atoms with Gasteiger partial charge in [-0.1, -0.05) is 291 Å². The molecule has 0 aliphatic heterocycles. The summed E-state index contributed by atoms with van der Waals surface area (Å²) in [4.78, 5) is 4.24. The molecule has 0 atom stereocenters. The van der Waals surface area contributed by atoms with Crippen molar-refractivity contribution in [3.8, 4) is 44.5 Å². The van der Waals surface area contributed by atoms with Crippen LogP contribution in [0.3, 0.4) is 0 Å². The molecule has 0 spiro atoms. The van der Waals surface area contributed by atoms with Gasteiger partial charge >= 0.3 is 0 Å². The Bertz CT molecular complexity index is 4800. The lowest BCUT2D eigenvalue weighted by Crippen LogP contribution is -1.90. The van der Waals surface area contributed by atoms with E-state index < -0.39 is 0 Å². The molecule has 0 bridgehead atoms. The lowest BCUT2D eigenvalue weighted by Gasteiger charge is -2.08. The summed E-state index contributed by atoms with van der Waals surface area (Å²) in [5, 5.41) is 6.71. The number of rotatable bonds is 0. The number of aromatic nitrogens is 5. The van der Waals surface area contributed by atoms with Gasteiger partial charge in [0.05, 0.1) is 34.6 Å². The van der Waals surface area contributed by atoms with Crippen LogP contribution in [0.15, 0.2) is 225 Å². The average Bonchev–Trinajstić information content (AvgIpc) is 1.64. The highest BCUT2D eigenvalue weighted by Crippen LogP contribution is 2.42. The van der Waals surface area contributed by atoms with Gasteiger partial charge in [0, 0.05) is 32.7 Å². The fourth-order valence-corrected chi connectivity index (χ4v) is 14.2. The monoisotopic (exact) mass is 1420 g/mol. The van der Waals surface area contributed by atoms with Gasteiger partial charge in [-0.3, -0.25) is 4.68 Å². The number of benzene rings is 11. The van der Waals surface area contributed by atoms with Crippen LogP contribution in [0.4, 0.5) is 0 Å². The lowest BCUT2D eigenvalue weighted by molar-refractivity contribution is 0.794. The first-order valence-corrected chi connectivity index (χ1v) is 39.9. The quantitative estimate of drug-likeness (QED) is 0.152. The van der Waals surface area contributed by atoms with Crippen molar-refractivity contribution < 1.29 is 0 Å². The zero-order valence-electron chi connectivity index (χ0n) is 70.9. The Hall–Kier alpha value is -10.1. The second-order valence-corrected chi connectivity index (χ2v) is 26.1. The minimum absolute atomic E-state index is 1.08. The number of hydrogen-bond acceptors (Lipinski definition) is 2. The summed E-state index contributed by atoms with van der Waals surface area (Å²) in [6.07, 6.45) is 10.3. The summed E-state index contributed by atoms with van der Waals surface area (Å²) in [6, 6.07) is 74.2. The molecule has 0 fully saturated rings. The summed E-state index contributed by atoms with van der Waals surface area (Å²) in [5.74, 6) is 0. The van der Waals surface area contributed by atoms with Crippen molar-refractivity contribution in [2.45, 2.75) is 199 Å². The van der Waals surface area contributed by atoms with Gasteiger partial charge in [-0.15, -0.1) is 0 Å². The molecule has 562 valence electrons. The molecule has 3 aromatic heterocycles. The van der Waals surface area contributed by atoms with Gasteiger partial charge in [0.25, 0.3) is 0 Å². The van der Waals surface area contributed by atoms with Crippen molar-refractivity contribution in [1.82, 2.24) is 23.9 Å². The first-order valence-electron chi connectivity index (χ1n) is 39.9. The molecule has 107 heavy (non-hydrogen) atoms. The van der Waals surface area contributed by atoms with E-state index in [4.69, 9.17) is 0 Å². The second kappa shape index (κ2) is 43.5. The van der Waals surface area contributed by atoms with Crippen molar-refractivity contribution >= 4 is 32.8 Å². The molecular weight excluding hydrogens is 1300 g/mol. The topological polar surface area (TPSA) is 40.6 Å². The molecule has 3 heterocycles. The third-order valence-corrected chi connectivity index (χ3v) is 19.9. The summed E-state index contributed by atoms with van der Waals surface area (Å²) in [6.45, 7) is 52.0. The number of para-hydroxylation sites is 3. The third-order valence-electron chi connectivity index (χ3n) is 19.9. The maximum atomic E-state index is 4.24. The molecule has 5 nitrogen and oxygen atoms in total. The van der Waals surface area contributed by atoms with E-state index in [-0.39, 0.29) is 0 Å². The molecule has 0 saturated heterocycles. The fraction of sp³-hybridized carbons (Fsp3) is 0.314. The Morgan fingerprint density at radius 3 is 1.17 bits per heavy atom. The zero-order chi connectivity index (χ0) is 79.2. The normalized spacial score (nSPS) is 10.7. The van der Waals surface area contributed by atoms with Crippen molar-refractivity contribution in [3.63, 3.8) is 0 Å². The average molecular weight is 1430 g/mol. The largest absolute Gasteiger partial charge is 0.350 e. The summed E-state index contributed by atoms with van der Waals surface area (Å²) in [7, 11) is 6.06. The smallest absolute Gasteiger partial charge is 0.0955 e. The maximum Gasteiger partial charge on any atom is 0.0955 e. The summed E-state index contributed by atoms with van der Waals surface area (Å²) >= 11 is 0. The molecule has 0 saturated carbocycles. The van der Waals surface area contributed by atoms with Gasteiger partial charge < -0.3 is 9.13 Å². The van der Waals surface area contributed by atoms with Crippen LogP contribution < -0.4 is 0 Å². The SMILES string of the molecule is CC.CC.CC.CC.CC.CC.CC.Cc1cc2c(cc1C)-c1ccccc1C2.Cc1cc2c(cc1C)-c1ccccc1C2.Cc1ccc2c(c1C)-c1ccccc1C2.Cc1ccc2c(c1C)Cc1ccccc1-2.Cc1cccc2ccn(C)c12.Cc1cccc2cnn(C)c12.Cc1cccc2ncn(C)c12. The van der Waals surface area contributed by atoms with Crippen LogP contribution in [0.25, 0.3) is 77.3 Å². The van der Waals surface area contributed by atoms with E-state index in [9.17, 15) is 0 Å². The minimum atomic E-state index is 1.08. The van der Waals surface area contributed by atoms with Gasteiger partial charge in [0.15, 0.2) is 0 Å².